The molecule has 0 atom stereocenters. The summed E-state index contributed by atoms with van der Waals surface area (Å²) in [6, 6.07) is 9.80. The second kappa shape index (κ2) is 21.1. The van der Waals surface area contributed by atoms with Crippen molar-refractivity contribution in [1.29, 1.82) is 0 Å². The fourth-order valence-corrected chi connectivity index (χ4v) is 6.21. The Morgan fingerprint density at radius 2 is 1.00 bits per heavy atom. The molecule has 0 N–H and O–H groups in total. The topological polar surface area (TPSA) is 57.2 Å². The van der Waals surface area contributed by atoms with Crippen LogP contribution in [0.25, 0.3) is 10.8 Å². The van der Waals surface area contributed by atoms with Gasteiger partial charge in [0.05, 0.1) is 4.90 Å². The summed E-state index contributed by atoms with van der Waals surface area (Å²) < 4.78 is 36.8. The van der Waals surface area contributed by atoms with Gasteiger partial charge < -0.3 is 4.55 Å². The van der Waals surface area contributed by atoms with Crippen LogP contribution in [-0.4, -0.2) is 13.0 Å². The number of rotatable bonds is 21. The Hall–Kier alpha value is 0.246. The van der Waals surface area contributed by atoms with Crippen molar-refractivity contribution in [2.45, 2.75) is 147 Å². The van der Waals surface area contributed by atoms with Gasteiger partial charge in [-0.1, -0.05) is 141 Å². The van der Waals surface area contributed by atoms with E-state index in [4.69, 9.17) is 0 Å². The first-order valence-corrected chi connectivity index (χ1v) is 16.4. The van der Waals surface area contributed by atoms with Crippen LogP contribution in [0.4, 0.5) is 0 Å². The van der Waals surface area contributed by atoms with Gasteiger partial charge in [-0.25, -0.2) is 8.42 Å². The van der Waals surface area contributed by atoms with Gasteiger partial charge in [0.15, 0.2) is 0 Å². The third kappa shape index (κ3) is 13.9. The fourth-order valence-electron chi connectivity index (χ4n) is 5.41. The van der Waals surface area contributed by atoms with E-state index in [9.17, 15) is 13.0 Å². The summed E-state index contributed by atoms with van der Waals surface area (Å²) in [4.78, 5) is 0.0201. The zero-order valence-electron chi connectivity index (χ0n) is 24.2. The molecule has 3 nitrogen and oxygen atoms in total. The normalized spacial score (nSPS) is 11.6. The van der Waals surface area contributed by atoms with Gasteiger partial charge in [-0.2, -0.15) is 0 Å². The summed E-state index contributed by atoms with van der Waals surface area (Å²) >= 11 is 0. The molecule has 0 aliphatic rings. The van der Waals surface area contributed by atoms with Gasteiger partial charge in [-0.3, -0.25) is 0 Å². The molecule has 0 aliphatic heterocycles. The molecule has 0 saturated carbocycles. The first kappa shape index (κ1) is 35.3. The number of unbranched alkanes of at least 4 members (excludes halogenated alkanes) is 16. The molecule has 0 aromatic heterocycles. The molecule has 0 bridgehead atoms. The van der Waals surface area contributed by atoms with Crippen LogP contribution in [0.2, 0.25) is 0 Å². The second-order valence-corrected chi connectivity index (χ2v) is 12.0. The zero-order valence-corrected chi connectivity index (χ0v) is 28.1. The minimum atomic E-state index is -4.51. The maximum absolute atomic E-state index is 12.3. The first-order valence-electron chi connectivity index (χ1n) is 15.0. The van der Waals surface area contributed by atoms with Crippen molar-refractivity contribution in [2.24, 2.45) is 0 Å². The average Bonchev–Trinajstić information content (AvgIpc) is 2.86. The Labute approximate surface area is 271 Å². The third-order valence-electron chi connectivity index (χ3n) is 7.55. The summed E-state index contributed by atoms with van der Waals surface area (Å²) in [7, 11) is -4.51. The van der Waals surface area contributed by atoms with Crippen molar-refractivity contribution in [3.63, 3.8) is 0 Å². The van der Waals surface area contributed by atoms with Crippen LogP contribution < -0.4 is 51.4 Å². The molecule has 0 fully saturated rings. The van der Waals surface area contributed by atoms with E-state index in [0.717, 1.165) is 54.0 Å². The number of aryl methyl sites for hydroxylation is 2. The molecular weight excluding hydrogens is 504 g/mol. The van der Waals surface area contributed by atoms with E-state index in [-0.39, 0.29) is 56.3 Å². The molecule has 0 aliphatic carbocycles. The summed E-state index contributed by atoms with van der Waals surface area (Å²) in [5.41, 5.74) is 1.75. The van der Waals surface area contributed by atoms with E-state index < -0.39 is 10.1 Å². The summed E-state index contributed by atoms with van der Waals surface area (Å²) in [5.74, 6) is 0. The van der Waals surface area contributed by atoms with Crippen LogP contribution in [0.15, 0.2) is 35.2 Å². The van der Waals surface area contributed by atoms with Gasteiger partial charge in [0.25, 0.3) is 0 Å². The maximum Gasteiger partial charge on any atom is 1.00 e. The van der Waals surface area contributed by atoms with Gasteiger partial charge in [0.1, 0.15) is 10.1 Å². The van der Waals surface area contributed by atoms with E-state index in [0.29, 0.717) is 6.42 Å². The van der Waals surface area contributed by atoms with Gasteiger partial charge in [0, 0.05) is 0 Å². The number of fused-ring (bicyclic) bond motifs is 1. The van der Waals surface area contributed by atoms with Crippen LogP contribution in [0.3, 0.4) is 0 Å². The zero-order chi connectivity index (χ0) is 26.1. The molecule has 0 amide bonds. The molecule has 37 heavy (non-hydrogen) atoms. The van der Waals surface area contributed by atoms with Crippen LogP contribution in [0.5, 0.6) is 0 Å². The molecule has 204 valence electrons. The standard InChI is InChI=1S/C32H52O3S.K/c1-3-5-7-9-11-13-15-17-19-23-28-27-32(36(33,34)35)31(30-25-22-21-24-29(28)30)26-20-18-16-14-12-10-8-6-4-2;/h21-22,24-25,27H,3-20,23,26H2,1-2H3,(H,33,34,35);/q;+1/p-1. The number of hydrogen-bond donors (Lipinski definition) is 0. The Morgan fingerprint density at radius 1 is 0.595 bits per heavy atom. The van der Waals surface area contributed by atoms with E-state index in [1.165, 1.54) is 89.9 Å². The van der Waals surface area contributed by atoms with Crippen molar-refractivity contribution in [3.05, 3.63) is 41.5 Å². The fraction of sp³-hybridized carbons (Fsp3) is 0.688. The van der Waals surface area contributed by atoms with Crippen molar-refractivity contribution < 1.29 is 64.4 Å². The molecule has 0 spiro atoms. The molecular formula is C32H51KO3S. The van der Waals surface area contributed by atoms with Crippen molar-refractivity contribution in [2.75, 3.05) is 0 Å². The molecule has 0 saturated heterocycles. The molecule has 0 heterocycles. The summed E-state index contributed by atoms with van der Waals surface area (Å²) in [6.45, 7) is 4.49. The smallest absolute Gasteiger partial charge is 0.744 e. The third-order valence-corrected chi connectivity index (χ3v) is 8.45. The van der Waals surface area contributed by atoms with E-state index in [1.54, 1.807) is 6.07 Å². The maximum atomic E-state index is 12.3. The predicted octanol–water partition coefficient (Wildman–Crippen LogP) is 6.89. The predicted molar refractivity (Wildman–Crippen MR) is 154 cm³/mol. The minimum Gasteiger partial charge on any atom is -0.744 e. The van der Waals surface area contributed by atoms with Crippen molar-refractivity contribution >= 4 is 20.9 Å². The monoisotopic (exact) mass is 554 g/mol. The van der Waals surface area contributed by atoms with Gasteiger partial charge in [-0.15, -0.1) is 0 Å². The van der Waals surface area contributed by atoms with Crippen molar-refractivity contribution in [1.82, 2.24) is 0 Å². The van der Waals surface area contributed by atoms with Crippen LogP contribution in [0, 0.1) is 0 Å². The number of hydrogen-bond acceptors (Lipinski definition) is 3. The Morgan fingerprint density at radius 3 is 1.46 bits per heavy atom. The van der Waals surface area contributed by atoms with Gasteiger partial charge >= 0.3 is 51.4 Å². The number of benzene rings is 2. The van der Waals surface area contributed by atoms with Gasteiger partial charge in [0.2, 0.25) is 0 Å². The van der Waals surface area contributed by atoms with E-state index in [1.807, 2.05) is 18.2 Å². The molecule has 5 heteroatoms. The minimum absolute atomic E-state index is 0. The molecule has 2 aromatic carbocycles. The average molecular weight is 555 g/mol. The van der Waals surface area contributed by atoms with E-state index >= 15 is 0 Å². The van der Waals surface area contributed by atoms with Crippen LogP contribution >= 0.6 is 0 Å². The summed E-state index contributed by atoms with van der Waals surface area (Å²) in [5, 5.41) is 2.08. The van der Waals surface area contributed by atoms with Crippen LogP contribution in [-0.2, 0) is 23.0 Å². The summed E-state index contributed by atoms with van der Waals surface area (Å²) in [6.07, 6.45) is 23.8. The largest absolute Gasteiger partial charge is 1.00 e. The Bertz CT molecular complexity index is 971. The Kier molecular flexibility index (Phi) is 20.1. The Balaban J connectivity index is 0.00000684. The second-order valence-electron chi connectivity index (χ2n) is 10.7. The molecule has 0 unspecified atom stereocenters. The van der Waals surface area contributed by atoms with Crippen LogP contribution in [0.1, 0.15) is 141 Å². The van der Waals surface area contributed by atoms with Gasteiger partial charge in [-0.05, 0) is 53.6 Å². The molecule has 2 rings (SSSR count). The quantitative estimate of drug-likeness (QED) is 0.0958. The van der Waals surface area contributed by atoms with E-state index in [2.05, 4.69) is 19.9 Å². The molecule has 2 aromatic rings. The SMILES string of the molecule is CCCCCCCCCCCc1cc(S(=O)(=O)[O-])c(CCCCCCCCCCC)c2ccccc12.[K+]. The van der Waals surface area contributed by atoms with Crippen molar-refractivity contribution in [3.8, 4) is 0 Å². The molecule has 0 radical (unpaired) electrons. The first-order chi connectivity index (χ1) is 17.5.